The normalized spacial score (nSPS) is 14.5. The molecule has 1 aromatic rings. The molecule has 18 heavy (non-hydrogen) atoms. The Labute approximate surface area is 120 Å². The molecule has 0 aliphatic rings. The standard InChI is InChI=1S/C14H21Cl2NO/c1-4-17-14(10(2)7-8-18-3)12-6-5-11(15)9-13(12)16/h5-6,9-10,14,17H,4,7-8H2,1-3H3. The van der Waals surface area contributed by atoms with E-state index in [1.165, 1.54) is 0 Å². The van der Waals surface area contributed by atoms with Crippen LogP contribution in [0.4, 0.5) is 0 Å². The van der Waals surface area contributed by atoms with Gasteiger partial charge in [0.25, 0.3) is 0 Å². The summed E-state index contributed by atoms with van der Waals surface area (Å²) in [5, 5.41) is 4.87. The Kier molecular flexibility index (Phi) is 7.02. The van der Waals surface area contributed by atoms with Crippen molar-refractivity contribution in [3.05, 3.63) is 33.8 Å². The quantitative estimate of drug-likeness (QED) is 0.807. The van der Waals surface area contributed by atoms with Crippen LogP contribution in [-0.2, 0) is 4.74 Å². The molecule has 2 nitrogen and oxygen atoms in total. The average Bonchev–Trinajstić information content (AvgIpc) is 2.34. The van der Waals surface area contributed by atoms with Gasteiger partial charge in [0.15, 0.2) is 0 Å². The van der Waals surface area contributed by atoms with E-state index in [1.54, 1.807) is 13.2 Å². The highest BCUT2D eigenvalue weighted by molar-refractivity contribution is 6.35. The van der Waals surface area contributed by atoms with E-state index in [0.29, 0.717) is 10.9 Å². The second-order valence-corrected chi connectivity index (χ2v) is 5.30. The minimum absolute atomic E-state index is 0.231. The molecule has 0 amide bonds. The van der Waals surface area contributed by atoms with Crippen molar-refractivity contribution in [3.63, 3.8) is 0 Å². The van der Waals surface area contributed by atoms with Gasteiger partial charge in [-0.3, -0.25) is 0 Å². The molecule has 0 saturated carbocycles. The van der Waals surface area contributed by atoms with E-state index >= 15 is 0 Å². The summed E-state index contributed by atoms with van der Waals surface area (Å²) in [5.41, 5.74) is 1.10. The fourth-order valence-corrected chi connectivity index (χ4v) is 2.59. The topological polar surface area (TPSA) is 21.3 Å². The number of hydrogen-bond donors (Lipinski definition) is 1. The first-order valence-corrected chi connectivity index (χ1v) is 7.03. The van der Waals surface area contributed by atoms with E-state index in [9.17, 15) is 0 Å². The number of nitrogens with one attached hydrogen (secondary N) is 1. The van der Waals surface area contributed by atoms with Crippen LogP contribution in [0.1, 0.15) is 31.9 Å². The number of halogens is 2. The van der Waals surface area contributed by atoms with Crippen LogP contribution in [0.15, 0.2) is 18.2 Å². The van der Waals surface area contributed by atoms with Gasteiger partial charge in [-0.1, -0.05) is 43.1 Å². The van der Waals surface area contributed by atoms with Crippen LogP contribution in [0.5, 0.6) is 0 Å². The predicted molar refractivity (Wildman–Crippen MR) is 78.5 cm³/mol. The third kappa shape index (κ3) is 4.43. The van der Waals surface area contributed by atoms with Crippen LogP contribution in [0.25, 0.3) is 0 Å². The van der Waals surface area contributed by atoms with Gasteiger partial charge in [0, 0.05) is 29.8 Å². The Balaban J connectivity index is 2.88. The largest absolute Gasteiger partial charge is 0.385 e. The van der Waals surface area contributed by atoms with Crippen molar-refractivity contribution < 1.29 is 4.74 Å². The molecule has 0 fully saturated rings. The number of ether oxygens (including phenoxy) is 1. The minimum atomic E-state index is 0.231. The Bertz CT molecular complexity index is 371. The molecule has 0 aliphatic carbocycles. The van der Waals surface area contributed by atoms with Gasteiger partial charge in [-0.15, -0.1) is 0 Å². The summed E-state index contributed by atoms with van der Waals surface area (Å²) < 4.78 is 5.14. The van der Waals surface area contributed by atoms with Gasteiger partial charge in [-0.2, -0.15) is 0 Å². The summed E-state index contributed by atoms with van der Waals surface area (Å²) in [4.78, 5) is 0. The van der Waals surface area contributed by atoms with Crippen molar-refractivity contribution in [1.82, 2.24) is 5.32 Å². The monoisotopic (exact) mass is 289 g/mol. The van der Waals surface area contributed by atoms with E-state index in [1.807, 2.05) is 12.1 Å². The van der Waals surface area contributed by atoms with Gasteiger partial charge in [-0.25, -0.2) is 0 Å². The van der Waals surface area contributed by atoms with E-state index in [0.717, 1.165) is 30.2 Å². The average molecular weight is 290 g/mol. The first kappa shape index (κ1) is 15.8. The van der Waals surface area contributed by atoms with Crippen molar-refractivity contribution in [2.24, 2.45) is 5.92 Å². The fourth-order valence-electron chi connectivity index (χ4n) is 2.06. The molecule has 0 saturated heterocycles. The molecular weight excluding hydrogens is 269 g/mol. The van der Waals surface area contributed by atoms with Crippen LogP contribution in [0.2, 0.25) is 10.0 Å². The molecular formula is C14H21Cl2NO. The van der Waals surface area contributed by atoms with Gasteiger partial charge in [0.1, 0.15) is 0 Å². The van der Waals surface area contributed by atoms with Crippen molar-refractivity contribution in [1.29, 1.82) is 0 Å². The van der Waals surface area contributed by atoms with Crippen LogP contribution in [0.3, 0.4) is 0 Å². The van der Waals surface area contributed by atoms with Gasteiger partial charge < -0.3 is 10.1 Å². The minimum Gasteiger partial charge on any atom is -0.385 e. The van der Waals surface area contributed by atoms with Crippen LogP contribution in [-0.4, -0.2) is 20.3 Å². The lowest BCUT2D eigenvalue weighted by molar-refractivity contribution is 0.170. The molecule has 0 radical (unpaired) electrons. The number of methoxy groups -OCH3 is 1. The van der Waals surface area contributed by atoms with Gasteiger partial charge >= 0.3 is 0 Å². The molecule has 1 aromatic carbocycles. The summed E-state index contributed by atoms with van der Waals surface area (Å²) in [6, 6.07) is 5.92. The summed E-state index contributed by atoms with van der Waals surface area (Å²) >= 11 is 12.2. The number of hydrogen-bond acceptors (Lipinski definition) is 2. The maximum atomic E-state index is 6.28. The molecule has 4 heteroatoms. The fraction of sp³-hybridized carbons (Fsp3) is 0.571. The maximum Gasteiger partial charge on any atom is 0.0468 e. The van der Waals surface area contributed by atoms with E-state index < -0.39 is 0 Å². The van der Waals surface area contributed by atoms with Crippen LogP contribution < -0.4 is 5.32 Å². The van der Waals surface area contributed by atoms with Gasteiger partial charge in [0.2, 0.25) is 0 Å². The second-order valence-electron chi connectivity index (χ2n) is 4.46. The summed E-state index contributed by atoms with van der Waals surface area (Å²) in [6.45, 7) is 5.96. The van der Waals surface area contributed by atoms with Crippen LogP contribution in [0, 0.1) is 5.92 Å². The molecule has 0 aliphatic heterocycles. The van der Waals surface area contributed by atoms with E-state index in [-0.39, 0.29) is 6.04 Å². The van der Waals surface area contributed by atoms with Crippen molar-refractivity contribution in [3.8, 4) is 0 Å². The molecule has 0 aromatic heterocycles. The first-order chi connectivity index (χ1) is 8.60. The van der Waals surface area contributed by atoms with Gasteiger partial charge in [0.05, 0.1) is 0 Å². The second kappa shape index (κ2) is 8.00. The first-order valence-electron chi connectivity index (χ1n) is 6.27. The zero-order chi connectivity index (χ0) is 13.5. The molecule has 1 rings (SSSR count). The summed E-state index contributed by atoms with van der Waals surface area (Å²) in [6.07, 6.45) is 0.993. The zero-order valence-electron chi connectivity index (χ0n) is 11.2. The van der Waals surface area contributed by atoms with Gasteiger partial charge in [-0.05, 0) is 36.6 Å². The third-order valence-corrected chi connectivity index (χ3v) is 3.63. The van der Waals surface area contributed by atoms with E-state index in [2.05, 4.69) is 19.2 Å². The van der Waals surface area contributed by atoms with Crippen LogP contribution >= 0.6 is 23.2 Å². The highest BCUT2D eigenvalue weighted by atomic mass is 35.5. The molecule has 102 valence electrons. The molecule has 0 heterocycles. The lowest BCUT2D eigenvalue weighted by atomic mass is 9.92. The highest BCUT2D eigenvalue weighted by Crippen LogP contribution is 2.31. The highest BCUT2D eigenvalue weighted by Gasteiger charge is 2.20. The SMILES string of the molecule is CCNC(c1ccc(Cl)cc1Cl)C(C)CCOC. The molecule has 0 bridgehead atoms. The molecule has 0 spiro atoms. The van der Waals surface area contributed by atoms with Crippen molar-refractivity contribution in [2.45, 2.75) is 26.3 Å². The lowest BCUT2D eigenvalue weighted by Crippen LogP contribution is -2.27. The third-order valence-electron chi connectivity index (χ3n) is 3.07. The molecule has 2 unspecified atom stereocenters. The number of rotatable bonds is 7. The molecule has 1 N–H and O–H groups in total. The van der Waals surface area contributed by atoms with Crippen molar-refractivity contribution >= 4 is 23.2 Å². The maximum absolute atomic E-state index is 6.28. The van der Waals surface area contributed by atoms with Crippen molar-refractivity contribution in [2.75, 3.05) is 20.3 Å². The zero-order valence-corrected chi connectivity index (χ0v) is 12.7. The Hall–Kier alpha value is -0.280. The predicted octanol–water partition coefficient (Wildman–Crippen LogP) is 4.32. The lowest BCUT2D eigenvalue weighted by Gasteiger charge is -2.26. The summed E-state index contributed by atoms with van der Waals surface area (Å²) in [5.74, 6) is 0.448. The molecule has 2 atom stereocenters. The number of benzene rings is 1. The Morgan fingerprint density at radius 3 is 2.61 bits per heavy atom. The Morgan fingerprint density at radius 1 is 1.33 bits per heavy atom. The smallest absolute Gasteiger partial charge is 0.0468 e. The Morgan fingerprint density at radius 2 is 2.06 bits per heavy atom. The van der Waals surface area contributed by atoms with E-state index in [4.69, 9.17) is 27.9 Å². The summed E-state index contributed by atoms with van der Waals surface area (Å²) in [7, 11) is 1.73.